The second-order valence-corrected chi connectivity index (χ2v) is 6.40. The van der Waals surface area contributed by atoms with Crippen molar-refractivity contribution in [3.8, 4) is 0 Å². The van der Waals surface area contributed by atoms with E-state index >= 15 is 0 Å². The van der Waals surface area contributed by atoms with Crippen LogP contribution in [-0.2, 0) is 25.7 Å². The molecule has 1 nitrogen and oxygen atoms in total. The van der Waals surface area contributed by atoms with Gasteiger partial charge in [0.05, 0.1) is 0 Å². The van der Waals surface area contributed by atoms with Gasteiger partial charge < -0.3 is 5.11 Å². The van der Waals surface area contributed by atoms with E-state index in [-0.39, 0.29) is 0 Å². The van der Waals surface area contributed by atoms with Gasteiger partial charge in [-0.05, 0) is 64.9 Å². The largest absolute Gasteiger partial charge is 0.383 e. The SMILES string of the molecule is CCc1cc(CC)c(C(O)c2sccc2CC)c(CC)c1. The van der Waals surface area contributed by atoms with Crippen LogP contribution in [0.1, 0.15) is 66.5 Å². The van der Waals surface area contributed by atoms with Gasteiger partial charge in [0.15, 0.2) is 0 Å². The number of aliphatic hydroxyl groups excluding tert-OH is 1. The number of rotatable bonds is 6. The van der Waals surface area contributed by atoms with Crippen LogP contribution in [0.25, 0.3) is 0 Å². The molecule has 0 saturated heterocycles. The van der Waals surface area contributed by atoms with Crippen molar-refractivity contribution in [2.45, 2.75) is 59.5 Å². The Bertz CT molecular complexity index is 572. The Morgan fingerprint density at radius 1 is 0.905 bits per heavy atom. The molecule has 2 aromatic rings. The molecule has 0 spiro atoms. The van der Waals surface area contributed by atoms with Gasteiger partial charge in [0, 0.05) is 4.88 Å². The van der Waals surface area contributed by atoms with Gasteiger partial charge >= 0.3 is 0 Å². The lowest BCUT2D eigenvalue weighted by atomic mass is 9.89. The smallest absolute Gasteiger partial charge is 0.114 e. The third kappa shape index (κ3) is 3.22. The number of hydrogen-bond acceptors (Lipinski definition) is 2. The summed E-state index contributed by atoms with van der Waals surface area (Å²) in [5, 5.41) is 13.1. The predicted molar refractivity (Wildman–Crippen MR) is 92.3 cm³/mol. The molecule has 0 bridgehead atoms. The molecule has 0 fully saturated rings. The zero-order chi connectivity index (χ0) is 15.4. The highest BCUT2D eigenvalue weighted by Crippen LogP contribution is 2.35. The Hall–Kier alpha value is -1.12. The average Bonchev–Trinajstić information content (AvgIpc) is 3.01. The molecule has 1 heterocycles. The van der Waals surface area contributed by atoms with E-state index in [2.05, 4.69) is 51.3 Å². The molecule has 2 heteroatoms. The third-order valence-electron chi connectivity index (χ3n) is 4.26. The van der Waals surface area contributed by atoms with Crippen LogP contribution in [0, 0.1) is 0 Å². The summed E-state index contributed by atoms with van der Waals surface area (Å²) in [6.45, 7) is 8.71. The van der Waals surface area contributed by atoms with E-state index < -0.39 is 6.10 Å². The molecule has 0 amide bonds. The quantitative estimate of drug-likeness (QED) is 0.789. The van der Waals surface area contributed by atoms with E-state index in [4.69, 9.17) is 0 Å². The van der Waals surface area contributed by atoms with E-state index in [1.807, 2.05) is 0 Å². The molecule has 1 N–H and O–H groups in total. The van der Waals surface area contributed by atoms with Gasteiger partial charge in [-0.15, -0.1) is 11.3 Å². The van der Waals surface area contributed by atoms with Crippen LogP contribution in [-0.4, -0.2) is 5.11 Å². The molecule has 0 aliphatic rings. The Morgan fingerprint density at radius 3 is 1.95 bits per heavy atom. The first-order valence-electron chi connectivity index (χ1n) is 8.04. The molecule has 0 aliphatic carbocycles. The monoisotopic (exact) mass is 302 g/mol. The molecule has 1 atom stereocenters. The summed E-state index contributed by atoms with van der Waals surface area (Å²) in [5.41, 5.74) is 6.40. The number of benzene rings is 1. The van der Waals surface area contributed by atoms with Gasteiger partial charge in [0.1, 0.15) is 6.10 Å². The summed E-state index contributed by atoms with van der Waals surface area (Å²) < 4.78 is 0. The lowest BCUT2D eigenvalue weighted by molar-refractivity contribution is 0.221. The van der Waals surface area contributed by atoms with Gasteiger partial charge in [-0.2, -0.15) is 0 Å². The Balaban J connectivity index is 2.56. The third-order valence-corrected chi connectivity index (χ3v) is 5.28. The zero-order valence-electron chi connectivity index (χ0n) is 13.6. The summed E-state index contributed by atoms with van der Waals surface area (Å²) in [6, 6.07) is 6.69. The van der Waals surface area contributed by atoms with Crippen LogP contribution >= 0.6 is 11.3 Å². The highest BCUT2D eigenvalue weighted by Gasteiger charge is 2.21. The fraction of sp³-hybridized carbons (Fsp3) is 0.474. The lowest BCUT2D eigenvalue weighted by Gasteiger charge is -2.20. The van der Waals surface area contributed by atoms with Gasteiger partial charge in [-0.1, -0.05) is 39.8 Å². The van der Waals surface area contributed by atoms with Crippen molar-refractivity contribution in [3.63, 3.8) is 0 Å². The molecule has 0 radical (unpaired) electrons. The first kappa shape index (κ1) is 16.3. The molecule has 1 unspecified atom stereocenters. The highest BCUT2D eigenvalue weighted by molar-refractivity contribution is 7.10. The van der Waals surface area contributed by atoms with Crippen LogP contribution < -0.4 is 0 Å². The summed E-state index contributed by atoms with van der Waals surface area (Å²) in [6.07, 6.45) is 3.50. The van der Waals surface area contributed by atoms with Crippen molar-refractivity contribution in [1.29, 1.82) is 0 Å². The number of hydrogen-bond donors (Lipinski definition) is 1. The summed E-state index contributed by atoms with van der Waals surface area (Å²) in [7, 11) is 0. The van der Waals surface area contributed by atoms with E-state index in [0.29, 0.717) is 0 Å². The minimum atomic E-state index is -0.476. The minimum Gasteiger partial charge on any atom is -0.383 e. The first-order chi connectivity index (χ1) is 10.2. The Labute approximate surface area is 132 Å². The number of aliphatic hydroxyl groups is 1. The maximum Gasteiger partial charge on any atom is 0.114 e. The Morgan fingerprint density at radius 2 is 1.48 bits per heavy atom. The van der Waals surface area contributed by atoms with Gasteiger partial charge in [-0.25, -0.2) is 0 Å². The fourth-order valence-corrected chi connectivity index (χ4v) is 3.99. The van der Waals surface area contributed by atoms with E-state index in [0.717, 1.165) is 36.1 Å². The van der Waals surface area contributed by atoms with Crippen LogP contribution in [0.5, 0.6) is 0 Å². The van der Waals surface area contributed by atoms with E-state index in [1.165, 1.54) is 22.3 Å². The number of thiophene rings is 1. The summed E-state index contributed by atoms with van der Waals surface area (Å²) in [5.74, 6) is 0. The van der Waals surface area contributed by atoms with Gasteiger partial charge in [0.25, 0.3) is 0 Å². The molecular formula is C19H26OS. The number of aryl methyl sites for hydroxylation is 4. The van der Waals surface area contributed by atoms with Crippen LogP contribution in [0.2, 0.25) is 0 Å². The van der Waals surface area contributed by atoms with Crippen LogP contribution in [0.3, 0.4) is 0 Å². The fourth-order valence-electron chi connectivity index (χ4n) is 3.00. The highest BCUT2D eigenvalue weighted by atomic mass is 32.1. The summed E-state index contributed by atoms with van der Waals surface area (Å²) in [4.78, 5) is 1.12. The molecule has 21 heavy (non-hydrogen) atoms. The topological polar surface area (TPSA) is 20.2 Å². The Kier molecular flexibility index (Phi) is 5.60. The standard InChI is InChI=1S/C19H26OS/c1-5-13-11-15(7-3)17(16(8-4)12-13)18(20)19-14(6-2)9-10-21-19/h9-12,18,20H,5-8H2,1-4H3. The molecular weight excluding hydrogens is 276 g/mol. The minimum absolute atomic E-state index is 0.476. The van der Waals surface area contributed by atoms with Crippen LogP contribution in [0.4, 0.5) is 0 Å². The van der Waals surface area contributed by atoms with Crippen molar-refractivity contribution < 1.29 is 5.11 Å². The van der Waals surface area contributed by atoms with E-state index in [1.54, 1.807) is 11.3 Å². The van der Waals surface area contributed by atoms with Crippen molar-refractivity contribution >= 4 is 11.3 Å². The van der Waals surface area contributed by atoms with E-state index in [9.17, 15) is 5.11 Å². The lowest BCUT2D eigenvalue weighted by Crippen LogP contribution is -2.09. The predicted octanol–water partition coefficient (Wildman–Crippen LogP) is 5.08. The molecule has 0 aliphatic heterocycles. The zero-order valence-corrected chi connectivity index (χ0v) is 14.4. The maximum absolute atomic E-state index is 11.0. The van der Waals surface area contributed by atoms with Crippen molar-refractivity contribution in [2.75, 3.05) is 0 Å². The van der Waals surface area contributed by atoms with Crippen molar-refractivity contribution in [1.82, 2.24) is 0 Å². The van der Waals surface area contributed by atoms with Gasteiger partial charge in [0.2, 0.25) is 0 Å². The van der Waals surface area contributed by atoms with Crippen molar-refractivity contribution in [3.05, 3.63) is 56.3 Å². The normalized spacial score (nSPS) is 12.6. The van der Waals surface area contributed by atoms with Gasteiger partial charge in [-0.3, -0.25) is 0 Å². The maximum atomic E-state index is 11.0. The van der Waals surface area contributed by atoms with Crippen molar-refractivity contribution in [2.24, 2.45) is 0 Å². The second-order valence-electron chi connectivity index (χ2n) is 5.45. The molecule has 114 valence electrons. The second kappa shape index (κ2) is 7.24. The van der Waals surface area contributed by atoms with Crippen LogP contribution in [0.15, 0.2) is 23.6 Å². The molecule has 1 aromatic heterocycles. The molecule has 2 rings (SSSR count). The summed E-state index contributed by atoms with van der Waals surface area (Å²) >= 11 is 1.68. The molecule has 1 aromatic carbocycles. The first-order valence-corrected chi connectivity index (χ1v) is 8.92. The average molecular weight is 302 g/mol. The molecule has 0 saturated carbocycles.